The van der Waals surface area contributed by atoms with Crippen molar-refractivity contribution in [2.24, 2.45) is 5.92 Å². The van der Waals surface area contributed by atoms with E-state index in [4.69, 9.17) is 11.6 Å². The van der Waals surface area contributed by atoms with Crippen LogP contribution in [0.3, 0.4) is 0 Å². The van der Waals surface area contributed by atoms with E-state index in [9.17, 15) is 14.0 Å². The smallest absolute Gasteiger partial charge is 0.253 e. The molecule has 4 rings (SSSR count). The van der Waals surface area contributed by atoms with Crippen LogP contribution in [0.5, 0.6) is 0 Å². The number of hydrogen-bond acceptors (Lipinski definition) is 2. The van der Waals surface area contributed by atoms with E-state index in [0.29, 0.717) is 30.8 Å². The van der Waals surface area contributed by atoms with Crippen molar-refractivity contribution in [3.63, 3.8) is 0 Å². The van der Waals surface area contributed by atoms with Crippen LogP contribution < -0.4 is 5.32 Å². The minimum atomic E-state index is -0.534. The number of H-pyrrole nitrogens is 1. The maximum atomic E-state index is 13.3. The predicted octanol–water partition coefficient (Wildman–Crippen LogP) is 4.45. The van der Waals surface area contributed by atoms with E-state index in [1.54, 1.807) is 11.0 Å². The summed E-state index contributed by atoms with van der Waals surface area (Å²) in [4.78, 5) is 30.3. The van der Waals surface area contributed by atoms with Gasteiger partial charge < -0.3 is 15.2 Å². The lowest BCUT2D eigenvalue weighted by Crippen LogP contribution is -2.43. The zero-order chi connectivity index (χ0) is 19.7. The third-order valence-corrected chi connectivity index (χ3v) is 5.36. The molecule has 1 aromatic heterocycles. The second kappa shape index (κ2) is 7.64. The average Bonchev–Trinajstić information content (AvgIpc) is 3.18. The molecule has 2 amide bonds. The topological polar surface area (TPSA) is 65.2 Å². The molecule has 3 aromatic rings. The van der Waals surface area contributed by atoms with E-state index in [-0.39, 0.29) is 22.8 Å². The number of nitrogens with one attached hydrogen (secondary N) is 2. The molecule has 1 unspecified atom stereocenters. The number of fused-ring (bicyclic) bond motifs is 1. The number of rotatable bonds is 3. The fourth-order valence-corrected chi connectivity index (χ4v) is 3.74. The highest BCUT2D eigenvalue weighted by atomic mass is 35.5. The normalized spacial score (nSPS) is 16.9. The quantitative estimate of drug-likeness (QED) is 0.683. The van der Waals surface area contributed by atoms with Crippen molar-refractivity contribution >= 4 is 40.0 Å². The molecule has 0 spiro atoms. The van der Waals surface area contributed by atoms with Crippen LogP contribution in [0.15, 0.2) is 48.7 Å². The Labute approximate surface area is 166 Å². The Hall–Kier alpha value is -2.86. The van der Waals surface area contributed by atoms with Crippen molar-refractivity contribution in [3.8, 4) is 0 Å². The van der Waals surface area contributed by atoms with Gasteiger partial charge in [-0.2, -0.15) is 0 Å². The highest BCUT2D eigenvalue weighted by molar-refractivity contribution is 6.31. The van der Waals surface area contributed by atoms with E-state index < -0.39 is 5.82 Å². The predicted molar refractivity (Wildman–Crippen MR) is 107 cm³/mol. The van der Waals surface area contributed by atoms with Gasteiger partial charge in [-0.3, -0.25) is 9.59 Å². The first-order valence-electron chi connectivity index (χ1n) is 9.13. The molecule has 1 aliphatic rings. The highest BCUT2D eigenvalue weighted by Crippen LogP contribution is 2.24. The van der Waals surface area contributed by atoms with Crippen LogP contribution in [0, 0.1) is 11.7 Å². The summed E-state index contributed by atoms with van der Waals surface area (Å²) in [5, 5.41) is 3.70. The molecule has 1 aliphatic heterocycles. The Balaban J connectivity index is 1.44. The molecule has 1 saturated heterocycles. The molecule has 28 heavy (non-hydrogen) atoms. The van der Waals surface area contributed by atoms with Crippen LogP contribution in [0.4, 0.5) is 10.1 Å². The van der Waals surface area contributed by atoms with E-state index in [1.807, 2.05) is 24.4 Å². The summed E-state index contributed by atoms with van der Waals surface area (Å²) in [6, 6.07) is 11.5. The number of amides is 2. The van der Waals surface area contributed by atoms with Crippen molar-refractivity contribution in [1.82, 2.24) is 9.88 Å². The molecule has 144 valence electrons. The molecular weight excluding hydrogens is 381 g/mol. The number of halogens is 2. The Kier molecular flexibility index (Phi) is 5.05. The number of carbonyl (C=O) groups is 2. The van der Waals surface area contributed by atoms with Gasteiger partial charge in [0.25, 0.3) is 5.91 Å². The molecule has 0 saturated carbocycles. The number of likely N-dealkylation sites (tertiary alicyclic amines) is 1. The molecule has 5 nitrogen and oxygen atoms in total. The molecule has 2 aromatic carbocycles. The number of anilines is 1. The molecule has 0 radical (unpaired) electrons. The highest BCUT2D eigenvalue weighted by Gasteiger charge is 2.29. The summed E-state index contributed by atoms with van der Waals surface area (Å²) < 4.78 is 13.3. The van der Waals surface area contributed by atoms with Crippen molar-refractivity contribution in [1.29, 1.82) is 0 Å². The first-order valence-corrected chi connectivity index (χ1v) is 9.51. The number of carbonyl (C=O) groups excluding carboxylic acids is 2. The van der Waals surface area contributed by atoms with Crippen LogP contribution in [-0.2, 0) is 4.79 Å². The minimum absolute atomic E-state index is 0.0432. The lowest BCUT2D eigenvalue weighted by molar-refractivity contribution is -0.121. The van der Waals surface area contributed by atoms with Crippen LogP contribution >= 0.6 is 11.6 Å². The summed E-state index contributed by atoms with van der Waals surface area (Å²) >= 11 is 5.77. The molecule has 2 N–H and O–H groups in total. The fraction of sp³-hybridized carbons (Fsp3) is 0.238. The van der Waals surface area contributed by atoms with E-state index in [2.05, 4.69) is 10.3 Å². The van der Waals surface area contributed by atoms with Crippen molar-refractivity contribution in [3.05, 3.63) is 65.1 Å². The third-order valence-electron chi connectivity index (χ3n) is 5.07. The number of nitrogens with zero attached hydrogens (tertiary/aromatic N) is 1. The van der Waals surface area contributed by atoms with Crippen LogP contribution in [-0.4, -0.2) is 34.8 Å². The average molecular weight is 400 g/mol. The van der Waals surface area contributed by atoms with Gasteiger partial charge in [0.05, 0.1) is 10.9 Å². The third kappa shape index (κ3) is 3.73. The number of hydrogen-bond donors (Lipinski definition) is 2. The number of aromatic nitrogens is 1. The fourth-order valence-electron chi connectivity index (χ4n) is 3.56. The first-order chi connectivity index (χ1) is 13.5. The molecule has 1 atom stereocenters. The first kappa shape index (κ1) is 18.5. The van der Waals surface area contributed by atoms with Gasteiger partial charge in [-0.25, -0.2) is 4.39 Å². The molecule has 0 bridgehead atoms. The summed E-state index contributed by atoms with van der Waals surface area (Å²) in [7, 11) is 0. The summed E-state index contributed by atoms with van der Waals surface area (Å²) in [6.45, 7) is 0.973. The second-order valence-electron chi connectivity index (χ2n) is 6.99. The SMILES string of the molecule is O=C(Nc1ccc(F)c(Cl)c1)C1CCCN(C(=O)c2ccc3[nH]ccc3c2)C1. The molecular formula is C21H19ClFN3O2. The second-order valence-corrected chi connectivity index (χ2v) is 7.40. The van der Waals surface area contributed by atoms with Gasteiger partial charge in [-0.15, -0.1) is 0 Å². The molecule has 7 heteroatoms. The van der Waals surface area contributed by atoms with Gasteiger partial charge in [0.2, 0.25) is 5.91 Å². The Morgan fingerprint density at radius 2 is 2.04 bits per heavy atom. The van der Waals surface area contributed by atoms with Crippen molar-refractivity contribution in [2.45, 2.75) is 12.8 Å². The summed E-state index contributed by atoms with van der Waals surface area (Å²) in [5.41, 5.74) is 2.03. The van der Waals surface area contributed by atoms with Crippen LogP contribution in [0.25, 0.3) is 10.9 Å². The number of piperidine rings is 1. The minimum Gasteiger partial charge on any atom is -0.361 e. The van der Waals surface area contributed by atoms with Gasteiger partial charge >= 0.3 is 0 Å². The zero-order valence-corrected chi connectivity index (χ0v) is 15.8. The number of aromatic amines is 1. The Bertz CT molecular complexity index is 1050. The molecule has 2 heterocycles. The lowest BCUT2D eigenvalue weighted by Gasteiger charge is -2.32. The molecule has 1 fully saturated rings. The van der Waals surface area contributed by atoms with Gasteiger partial charge in [-0.1, -0.05) is 11.6 Å². The van der Waals surface area contributed by atoms with E-state index >= 15 is 0 Å². The van der Waals surface area contributed by atoms with Gasteiger partial charge in [-0.05, 0) is 55.3 Å². The van der Waals surface area contributed by atoms with E-state index in [0.717, 1.165) is 17.3 Å². The monoisotopic (exact) mass is 399 g/mol. The maximum Gasteiger partial charge on any atom is 0.253 e. The largest absolute Gasteiger partial charge is 0.361 e. The van der Waals surface area contributed by atoms with Crippen molar-refractivity contribution < 1.29 is 14.0 Å². The Morgan fingerprint density at radius 3 is 2.86 bits per heavy atom. The van der Waals surface area contributed by atoms with Crippen molar-refractivity contribution in [2.75, 3.05) is 18.4 Å². The summed E-state index contributed by atoms with van der Waals surface area (Å²) in [6.07, 6.45) is 3.28. The van der Waals surface area contributed by atoms with Gasteiger partial charge in [0, 0.05) is 41.4 Å². The maximum absolute atomic E-state index is 13.3. The zero-order valence-electron chi connectivity index (χ0n) is 15.0. The number of benzene rings is 2. The summed E-state index contributed by atoms with van der Waals surface area (Å²) in [5.74, 6) is -1.13. The van der Waals surface area contributed by atoms with Crippen LogP contribution in [0.2, 0.25) is 5.02 Å². The standard InChI is InChI=1S/C21H19ClFN3O2/c22-17-11-16(4-5-18(17)23)25-20(27)15-2-1-9-26(12-15)21(28)14-3-6-19-13(10-14)7-8-24-19/h3-8,10-11,15,24H,1-2,9,12H2,(H,25,27). The lowest BCUT2D eigenvalue weighted by atomic mass is 9.96. The Morgan fingerprint density at radius 1 is 1.18 bits per heavy atom. The van der Waals surface area contributed by atoms with Gasteiger partial charge in [0.1, 0.15) is 5.82 Å². The van der Waals surface area contributed by atoms with Gasteiger partial charge in [0.15, 0.2) is 0 Å². The molecule has 0 aliphatic carbocycles. The van der Waals surface area contributed by atoms with Crippen LogP contribution in [0.1, 0.15) is 23.2 Å². The van der Waals surface area contributed by atoms with E-state index in [1.165, 1.54) is 18.2 Å².